The van der Waals surface area contributed by atoms with Crippen LogP contribution in [-0.2, 0) is 0 Å². The van der Waals surface area contributed by atoms with Crippen molar-refractivity contribution in [2.24, 2.45) is 0 Å². The Labute approximate surface area is 99.6 Å². The van der Waals surface area contributed by atoms with Gasteiger partial charge in [-0.25, -0.2) is 4.98 Å². The number of aromatic nitrogens is 2. The van der Waals surface area contributed by atoms with Gasteiger partial charge >= 0.3 is 0 Å². The van der Waals surface area contributed by atoms with E-state index in [-0.39, 0.29) is 6.04 Å². The summed E-state index contributed by atoms with van der Waals surface area (Å²) in [6, 6.07) is 4.27. The van der Waals surface area contributed by atoms with Gasteiger partial charge in [-0.15, -0.1) is 11.3 Å². The largest absolute Gasteiger partial charge is 0.376 e. The molecule has 1 atom stereocenters. The minimum atomic E-state index is 0.274. The first-order chi connectivity index (χ1) is 7.68. The van der Waals surface area contributed by atoms with Crippen molar-refractivity contribution in [3.8, 4) is 0 Å². The van der Waals surface area contributed by atoms with Gasteiger partial charge in [-0.2, -0.15) is 0 Å². The minimum absolute atomic E-state index is 0.274. The number of nitrogens with one attached hydrogen (secondary N) is 1. The molecule has 2 aromatic heterocycles. The monoisotopic (exact) mass is 233 g/mol. The molecule has 84 valence electrons. The summed E-state index contributed by atoms with van der Waals surface area (Å²) in [7, 11) is 0. The molecule has 1 unspecified atom stereocenters. The number of anilines is 1. The number of rotatable bonds is 3. The van der Waals surface area contributed by atoms with Gasteiger partial charge in [0, 0.05) is 11.1 Å². The van der Waals surface area contributed by atoms with Crippen molar-refractivity contribution in [1.29, 1.82) is 0 Å². The third kappa shape index (κ3) is 2.22. The number of thiazole rings is 1. The molecular formula is C12H15N3S. The van der Waals surface area contributed by atoms with Crippen molar-refractivity contribution in [2.75, 3.05) is 5.32 Å². The van der Waals surface area contributed by atoms with Crippen LogP contribution in [0, 0.1) is 13.8 Å². The summed E-state index contributed by atoms with van der Waals surface area (Å²) in [5.74, 6) is 0. The fourth-order valence-electron chi connectivity index (χ4n) is 1.66. The quantitative estimate of drug-likeness (QED) is 0.883. The van der Waals surface area contributed by atoms with Crippen LogP contribution < -0.4 is 5.32 Å². The summed E-state index contributed by atoms with van der Waals surface area (Å²) in [5, 5.41) is 3.46. The van der Waals surface area contributed by atoms with E-state index < -0.39 is 0 Å². The minimum Gasteiger partial charge on any atom is -0.376 e. The molecule has 4 heteroatoms. The maximum Gasteiger partial charge on any atom is 0.0798 e. The number of nitrogens with zero attached hydrogens (tertiary/aromatic N) is 2. The fraction of sp³-hybridized carbons (Fsp3) is 0.333. The molecule has 0 aliphatic heterocycles. The highest BCUT2D eigenvalue weighted by molar-refractivity contribution is 7.09. The second kappa shape index (κ2) is 4.61. The third-order valence-corrected chi connectivity index (χ3v) is 3.67. The maximum atomic E-state index is 4.26. The Morgan fingerprint density at radius 2 is 2.06 bits per heavy atom. The van der Waals surface area contributed by atoms with Gasteiger partial charge < -0.3 is 5.32 Å². The fourth-order valence-corrected chi connectivity index (χ4v) is 2.47. The van der Waals surface area contributed by atoms with Gasteiger partial charge in [0.15, 0.2) is 0 Å². The van der Waals surface area contributed by atoms with Crippen LogP contribution in [0.1, 0.15) is 29.2 Å². The van der Waals surface area contributed by atoms with Crippen molar-refractivity contribution in [3.63, 3.8) is 0 Å². The molecule has 3 nitrogen and oxygen atoms in total. The lowest BCUT2D eigenvalue weighted by Gasteiger charge is -2.15. The molecule has 0 radical (unpaired) electrons. The summed E-state index contributed by atoms with van der Waals surface area (Å²) in [6.45, 7) is 6.20. The van der Waals surface area contributed by atoms with E-state index in [9.17, 15) is 0 Å². The molecule has 0 amide bonds. The van der Waals surface area contributed by atoms with Crippen LogP contribution in [-0.4, -0.2) is 9.97 Å². The Bertz CT molecular complexity index is 479. The molecule has 0 bridgehead atoms. The van der Waals surface area contributed by atoms with Crippen molar-refractivity contribution >= 4 is 17.0 Å². The second-order valence-electron chi connectivity index (χ2n) is 3.80. The molecule has 0 aliphatic carbocycles. The number of pyridine rings is 1. The lowest BCUT2D eigenvalue weighted by Crippen LogP contribution is -2.07. The first kappa shape index (κ1) is 11.1. The molecule has 0 saturated heterocycles. The van der Waals surface area contributed by atoms with Gasteiger partial charge in [0.05, 0.1) is 28.6 Å². The summed E-state index contributed by atoms with van der Waals surface area (Å²) in [5.41, 5.74) is 5.10. The molecule has 0 saturated carbocycles. The molecule has 2 aromatic rings. The highest BCUT2D eigenvalue weighted by Gasteiger charge is 2.11. The topological polar surface area (TPSA) is 37.8 Å². The van der Waals surface area contributed by atoms with E-state index in [0.717, 1.165) is 17.1 Å². The Hall–Kier alpha value is -1.42. The highest BCUT2D eigenvalue weighted by atomic mass is 32.1. The predicted octanol–water partition coefficient (Wildman–Crippen LogP) is 3.33. The average Bonchev–Trinajstić information content (AvgIpc) is 2.68. The zero-order valence-corrected chi connectivity index (χ0v) is 10.5. The van der Waals surface area contributed by atoms with Crippen LogP contribution in [0.2, 0.25) is 0 Å². The van der Waals surface area contributed by atoms with Crippen LogP contribution >= 0.6 is 11.3 Å². The summed E-state index contributed by atoms with van der Waals surface area (Å²) in [6.07, 6.45) is 1.81. The Kier molecular flexibility index (Phi) is 3.19. The summed E-state index contributed by atoms with van der Waals surface area (Å²) < 4.78 is 0. The normalized spacial score (nSPS) is 12.4. The van der Waals surface area contributed by atoms with E-state index in [1.54, 1.807) is 11.3 Å². The SMILES string of the molecule is Cc1ncccc1NC(C)c1scnc1C. The maximum absolute atomic E-state index is 4.26. The molecule has 2 heterocycles. The van der Waals surface area contributed by atoms with Crippen LogP contribution in [0.15, 0.2) is 23.8 Å². The second-order valence-corrected chi connectivity index (χ2v) is 4.69. The van der Waals surface area contributed by atoms with E-state index >= 15 is 0 Å². The lowest BCUT2D eigenvalue weighted by molar-refractivity contribution is 0.885. The summed E-state index contributed by atoms with van der Waals surface area (Å²) in [4.78, 5) is 9.81. The smallest absolute Gasteiger partial charge is 0.0798 e. The summed E-state index contributed by atoms with van der Waals surface area (Å²) >= 11 is 1.69. The van der Waals surface area contributed by atoms with Gasteiger partial charge in [-0.05, 0) is 32.9 Å². The van der Waals surface area contributed by atoms with Crippen molar-refractivity contribution in [2.45, 2.75) is 26.8 Å². The zero-order chi connectivity index (χ0) is 11.5. The molecule has 2 rings (SSSR count). The molecule has 0 spiro atoms. The van der Waals surface area contributed by atoms with Gasteiger partial charge in [0.1, 0.15) is 0 Å². The number of aryl methyl sites for hydroxylation is 2. The van der Waals surface area contributed by atoms with E-state index in [1.165, 1.54) is 4.88 Å². The Morgan fingerprint density at radius 1 is 1.25 bits per heavy atom. The molecular weight excluding hydrogens is 218 g/mol. The lowest BCUT2D eigenvalue weighted by atomic mass is 10.2. The van der Waals surface area contributed by atoms with Crippen molar-refractivity contribution in [1.82, 2.24) is 9.97 Å². The first-order valence-electron chi connectivity index (χ1n) is 5.26. The zero-order valence-electron chi connectivity index (χ0n) is 9.69. The van der Waals surface area contributed by atoms with E-state index in [1.807, 2.05) is 31.6 Å². The first-order valence-corrected chi connectivity index (χ1v) is 6.14. The third-order valence-electron chi connectivity index (χ3n) is 2.55. The molecule has 1 N–H and O–H groups in total. The van der Waals surface area contributed by atoms with Gasteiger partial charge in [-0.3, -0.25) is 4.98 Å². The predicted molar refractivity (Wildman–Crippen MR) is 67.9 cm³/mol. The van der Waals surface area contributed by atoms with E-state index in [0.29, 0.717) is 0 Å². The van der Waals surface area contributed by atoms with Gasteiger partial charge in [0.25, 0.3) is 0 Å². The molecule has 0 aromatic carbocycles. The van der Waals surface area contributed by atoms with Crippen molar-refractivity contribution in [3.05, 3.63) is 40.1 Å². The van der Waals surface area contributed by atoms with Crippen LogP contribution in [0.25, 0.3) is 0 Å². The Balaban J connectivity index is 2.17. The molecule has 0 fully saturated rings. The van der Waals surface area contributed by atoms with E-state index in [4.69, 9.17) is 0 Å². The molecule has 0 aliphatic rings. The van der Waals surface area contributed by atoms with Crippen LogP contribution in [0.5, 0.6) is 0 Å². The average molecular weight is 233 g/mol. The van der Waals surface area contributed by atoms with Crippen LogP contribution in [0.4, 0.5) is 5.69 Å². The van der Waals surface area contributed by atoms with Gasteiger partial charge in [-0.1, -0.05) is 0 Å². The van der Waals surface area contributed by atoms with Gasteiger partial charge in [0.2, 0.25) is 0 Å². The number of hydrogen-bond donors (Lipinski definition) is 1. The Morgan fingerprint density at radius 3 is 2.69 bits per heavy atom. The highest BCUT2D eigenvalue weighted by Crippen LogP contribution is 2.25. The van der Waals surface area contributed by atoms with E-state index in [2.05, 4.69) is 28.3 Å². The van der Waals surface area contributed by atoms with Crippen molar-refractivity contribution < 1.29 is 0 Å². The number of hydrogen-bond acceptors (Lipinski definition) is 4. The van der Waals surface area contributed by atoms with Crippen LogP contribution in [0.3, 0.4) is 0 Å². The molecule has 16 heavy (non-hydrogen) atoms. The standard InChI is InChI=1S/C12H15N3S/c1-8-11(5-4-6-13-8)15-10(3)12-9(2)14-7-16-12/h4-7,10,15H,1-3H3.